The summed E-state index contributed by atoms with van der Waals surface area (Å²) in [4.78, 5) is 28.0. The molecule has 1 aliphatic rings. The Kier molecular flexibility index (Phi) is 6.63. The molecule has 0 bridgehead atoms. The van der Waals surface area contributed by atoms with Gasteiger partial charge in [0.2, 0.25) is 0 Å². The lowest BCUT2D eigenvalue weighted by molar-refractivity contribution is 0.0942. The van der Waals surface area contributed by atoms with Gasteiger partial charge in [-0.1, -0.05) is 24.3 Å². The predicted octanol–water partition coefficient (Wildman–Crippen LogP) is 4.65. The van der Waals surface area contributed by atoms with Gasteiger partial charge in [-0.15, -0.1) is 0 Å². The van der Waals surface area contributed by atoms with Crippen molar-refractivity contribution in [1.29, 1.82) is 0 Å². The van der Waals surface area contributed by atoms with E-state index in [1.807, 2.05) is 32.0 Å². The summed E-state index contributed by atoms with van der Waals surface area (Å²) < 4.78 is 5.15. The molecule has 2 N–H and O–H groups in total. The molecular weight excluding hydrogens is 414 g/mol. The molecule has 0 radical (unpaired) electrons. The number of methoxy groups -OCH3 is 1. The van der Waals surface area contributed by atoms with Gasteiger partial charge in [0.15, 0.2) is 0 Å². The largest absolute Gasteiger partial charge is 0.497 e. The van der Waals surface area contributed by atoms with E-state index in [0.29, 0.717) is 22.6 Å². The van der Waals surface area contributed by atoms with Gasteiger partial charge in [-0.2, -0.15) is 0 Å². The highest BCUT2D eigenvalue weighted by molar-refractivity contribution is 6.06. The number of carbonyl (C=O) groups excluding carboxylic acids is 2. The van der Waals surface area contributed by atoms with Gasteiger partial charge in [-0.25, -0.2) is 0 Å². The van der Waals surface area contributed by atoms with Gasteiger partial charge in [-0.05, 0) is 73.9 Å². The highest BCUT2D eigenvalue weighted by Gasteiger charge is 2.22. The zero-order chi connectivity index (χ0) is 23.4. The van der Waals surface area contributed by atoms with Crippen LogP contribution < -0.4 is 20.3 Å². The van der Waals surface area contributed by atoms with Crippen molar-refractivity contribution in [2.45, 2.75) is 32.9 Å². The number of carbonyl (C=O) groups is 2. The average Bonchev–Trinajstić information content (AvgIpc) is 2.83. The topological polar surface area (TPSA) is 70.7 Å². The molecule has 2 amide bonds. The maximum absolute atomic E-state index is 13.1. The van der Waals surface area contributed by atoms with Crippen LogP contribution in [-0.2, 0) is 13.0 Å². The molecule has 6 heteroatoms. The number of hydrogen-bond donors (Lipinski definition) is 2. The zero-order valence-electron chi connectivity index (χ0n) is 19.2. The second-order valence-corrected chi connectivity index (χ2v) is 8.48. The summed E-state index contributed by atoms with van der Waals surface area (Å²) >= 11 is 0. The Hall–Kier alpha value is -3.80. The number of nitrogens with one attached hydrogen (secondary N) is 2. The maximum atomic E-state index is 13.1. The fraction of sp³-hybridized carbons (Fsp3) is 0.259. The van der Waals surface area contributed by atoms with E-state index in [2.05, 4.69) is 33.7 Å². The van der Waals surface area contributed by atoms with Crippen LogP contribution in [0.25, 0.3) is 0 Å². The van der Waals surface area contributed by atoms with Crippen molar-refractivity contribution < 1.29 is 14.3 Å². The number of amides is 2. The molecule has 0 saturated carbocycles. The highest BCUT2D eigenvalue weighted by Crippen LogP contribution is 2.30. The first kappa shape index (κ1) is 22.4. The molecule has 0 unspecified atom stereocenters. The van der Waals surface area contributed by atoms with Crippen LogP contribution in [0.15, 0.2) is 66.7 Å². The van der Waals surface area contributed by atoms with Crippen molar-refractivity contribution in [2.75, 3.05) is 23.9 Å². The molecule has 170 valence electrons. The molecule has 1 heterocycles. The second kappa shape index (κ2) is 9.77. The number of rotatable bonds is 6. The third-order valence-corrected chi connectivity index (χ3v) is 5.74. The molecule has 6 nitrogen and oxygen atoms in total. The van der Waals surface area contributed by atoms with E-state index in [1.54, 1.807) is 37.4 Å². The van der Waals surface area contributed by atoms with Crippen molar-refractivity contribution in [3.63, 3.8) is 0 Å². The normalized spacial score (nSPS) is 12.8. The third kappa shape index (κ3) is 5.17. The minimum Gasteiger partial charge on any atom is -0.497 e. The second-order valence-electron chi connectivity index (χ2n) is 8.48. The van der Waals surface area contributed by atoms with Crippen molar-refractivity contribution in [1.82, 2.24) is 5.32 Å². The Balaban J connectivity index is 1.61. The number of ether oxygens (including phenoxy) is 1. The summed E-state index contributed by atoms with van der Waals surface area (Å²) in [5.41, 5.74) is 5.13. The first-order chi connectivity index (χ1) is 15.9. The van der Waals surface area contributed by atoms with Crippen molar-refractivity contribution in [2.24, 2.45) is 0 Å². The van der Waals surface area contributed by atoms with Gasteiger partial charge in [0.1, 0.15) is 5.75 Å². The molecule has 0 aliphatic carbocycles. The van der Waals surface area contributed by atoms with Crippen LogP contribution in [0, 0.1) is 0 Å². The Morgan fingerprint density at radius 2 is 1.67 bits per heavy atom. The summed E-state index contributed by atoms with van der Waals surface area (Å²) in [7, 11) is 1.58. The lowest BCUT2D eigenvalue weighted by Crippen LogP contribution is -2.35. The summed E-state index contributed by atoms with van der Waals surface area (Å²) in [5, 5.41) is 5.90. The quantitative estimate of drug-likeness (QED) is 0.582. The Morgan fingerprint density at radius 3 is 2.36 bits per heavy atom. The Bertz CT molecular complexity index is 1160. The number of hydrogen-bond acceptors (Lipinski definition) is 4. The molecule has 3 aromatic carbocycles. The van der Waals surface area contributed by atoms with E-state index in [0.717, 1.165) is 25.2 Å². The van der Waals surface area contributed by atoms with Gasteiger partial charge in [0, 0.05) is 36.1 Å². The van der Waals surface area contributed by atoms with Crippen LogP contribution >= 0.6 is 0 Å². The van der Waals surface area contributed by atoms with E-state index in [1.165, 1.54) is 11.1 Å². The standard InChI is InChI=1S/C27H29N3O3/c1-18(2)28-27(32)24-16-22(29-26(31)20-8-11-23(33-3)12-9-20)10-13-25(24)30-15-14-19-6-4-5-7-21(19)17-30/h4-13,16,18H,14-15,17H2,1-3H3,(H,28,32)(H,29,31). The monoisotopic (exact) mass is 443 g/mol. The van der Waals surface area contributed by atoms with Gasteiger partial charge < -0.3 is 20.3 Å². The molecule has 3 aromatic rings. The lowest BCUT2D eigenvalue weighted by atomic mass is 9.98. The first-order valence-electron chi connectivity index (χ1n) is 11.2. The number of fused-ring (bicyclic) bond motifs is 1. The fourth-order valence-corrected chi connectivity index (χ4v) is 4.06. The molecule has 0 atom stereocenters. The summed E-state index contributed by atoms with van der Waals surface area (Å²) in [5.74, 6) is 0.290. The van der Waals surface area contributed by atoms with Crippen LogP contribution in [0.4, 0.5) is 11.4 Å². The van der Waals surface area contributed by atoms with Crippen molar-refractivity contribution >= 4 is 23.2 Å². The van der Waals surface area contributed by atoms with E-state index in [-0.39, 0.29) is 17.9 Å². The number of nitrogens with zero attached hydrogens (tertiary/aromatic N) is 1. The molecular formula is C27H29N3O3. The molecule has 0 spiro atoms. The van der Waals surface area contributed by atoms with Crippen LogP contribution in [0.3, 0.4) is 0 Å². The maximum Gasteiger partial charge on any atom is 0.255 e. The molecule has 4 rings (SSSR count). The molecule has 33 heavy (non-hydrogen) atoms. The van der Waals surface area contributed by atoms with Gasteiger partial charge >= 0.3 is 0 Å². The van der Waals surface area contributed by atoms with Crippen LogP contribution in [0.1, 0.15) is 45.7 Å². The van der Waals surface area contributed by atoms with Gasteiger partial charge in [0.25, 0.3) is 11.8 Å². The Labute approximate surface area is 194 Å². The van der Waals surface area contributed by atoms with E-state index >= 15 is 0 Å². The smallest absolute Gasteiger partial charge is 0.255 e. The van der Waals surface area contributed by atoms with Gasteiger partial charge in [0.05, 0.1) is 12.7 Å². The SMILES string of the molecule is COc1ccc(C(=O)Nc2ccc(N3CCc4ccccc4C3)c(C(=O)NC(C)C)c2)cc1. The summed E-state index contributed by atoms with van der Waals surface area (Å²) in [6, 6.07) is 20.9. The molecule has 1 aliphatic heterocycles. The average molecular weight is 444 g/mol. The first-order valence-corrected chi connectivity index (χ1v) is 11.2. The van der Waals surface area contributed by atoms with E-state index in [4.69, 9.17) is 4.74 Å². The van der Waals surface area contributed by atoms with Crippen molar-refractivity contribution in [3.8, 4) is 5.75 Å². The minimum absolute atomic E-state index is 0.00461. The summed E-state index contributed by atoms with van der Waals surface area (Å²) in [6.07, 6.45) is 0.928. The van der Waals surface area contributed by atoms with E-state index < -0.39 is 0 Å². The summed E-state index contributed by atoms with van der Waals surface area (Å²) in [6.45, 7) is 5.44. The minimum atomic E-state index is -0.243. The highest BCUT2D eigenvalue weighted by atomic mass is 16.5. The molecule has 0 fully saturated rings. The zero-order valence-corrected chi connectivity index (χ0v) is 19.2. The van der Waals surface area contributed by atoms with Gasteiger partial charge in [-0.3, -0.25) is 9.59 Å². The van der Waals surface area contributed by atoms with Crippen LogP contribution in [0.2, 0.25) is 0 Å². The van der Waals surface area contributed by atoms with Crippen LogP contribution in [-0.4, -0.2) is 31.5 Å². The predicted molar refractivity (Wildman–Crippen MR) is 131 cm³/mol. The number of benzene rings is 3. The number of anilines is 2. The fourth-order valence-electron chi connectivity index (χ4n) is 4.06. The molecule has 0 aromatic heterocycles. The Morgan fingerprint density at radius 1 is 0.939 bits per heavy atom. The molecule has 0 saturated heterocycles. The van der Waals surface area contributed by atoms with E-state index in [9.17, 15) is 9.59 Å². The lowest BCUT2D eigenvalue weighted by Gasteiger charge is -2.32. The van der Waals surface area contributed by atoms with Crippen molar-refractivity contribution in [3.05, 3.63) is 89.0 Å². The third-order valence-electron chi connectivity index (χ3n) is 5.74. The van der Waals surface area contributed by atoms with Crippen LogP contribution in [0.5, 0.6) is 5.75 Å².